The number of aromatic nitrogens is 1. The van der Waals surface area contributed by atoms with Gasteiger partial charge in [0.1, 0.15) is 0 Å². The van der Waals surface area contributed by atoms with Crippen molar-refractivity contribution >= 4 is 11.3 Å². The van der Waals surface area contributed by atoms with Crippen LogP contribution in [0.25, 0.3) is 11.3 Å². The molecule has 96 valence electrons. The highest BCUT2D eigenvalue weighted by atomic mass is 32.1. The molecule has 1 N–H and O–H groups in total. The van der Waals surface area contributed by atoms with Crippen molar-refractivity contribution in [1.82, 2.24) is 4.98 Å². The summed E-state index contributed by atoms with van der Waals surface area (Å²) in [4.78, 5) is 4.52. The fraction of sp³-hybridized carbons (Fsp3) is 0.400. The second kappa shape index (κ2) is 6.12. The van der Waals surface area contributed by atoms with Crippen LogP contribution in [0, 0.1) is 0 Å². The van der Waals surface area contributed by atoms with Crippen molar-refractivity contribution in [2.75, 3.05) is 6.61 Å². The molecule has 0 amide bonds. The van der Waals surface area contributed by atoms with Gasteiger partial charge in [-0.25, -0.2) is 4.98 Å². The first-order chi connectivity index (χ1) is 8.74. The lowest BCUT2D eigenvalue weighted by molar-refractivity contribution is 0.299. The molecule has 0 spiro atoms. The van der Waals surface area contributed by atoms with Crippen molar-refractivity contribution in [3.63, 3.8) is 0 Å². The Kier molecular flexibility index (Phi) is 4.50. The minimum absolute atomic E-state index is 0.167. The van der Waals surface area contributed by atoms with E-state index in [1.807, 2.05) is 0 Å². The molecule has 0 aliphatic heterocycles. The summed E-state index contributed by atoms with van der Waals surface area (Å²) >= 11 is 1.61. The maximum atomic E-state index is 8.89. The Morgan fingerprint density at radius 1 is 1.28 bits per heavy atom. The minimum atomic E-state index is 0.167. The Hall–Kier alpha value is -1.19. The van der Waals surface area contributed by atoms with Gasteiger partial charge in [0.15, 0.2) is 0 Å². The van der Waals surface area contributed by atoms with Crippen LogP contribution in [0.4, 0.5) is 0 Å². The Morgan fingerprint density at radius 2 is 2.00 bits per heavy atom. The Morgan fingerprint density at radius 3 is 2.61 bits per heavy atom. The van der Waals surface area contributed by atoms with Crippen LogP contribution in [-0.2, 0) is 6.42 Å². The van der Waals surface area contributed by atoms with Crippen molar-refractivity contribution < 1.29 is 5.11 Å². The summed E-state index contributed by atoms with van der Waals surface area (Å²) in [5, 5.41) is 11.9. The second-order valence-corrected chi connectivity index (χ2v) is 5.47. The highest BCUT2D eigenvalue weighted by molar-refractivity contribution is 7.09. The number of nitrogens with zero attached hydrogens (tertiary/aromatic N) is 1. The Balaban J connectivity index is 2.17. The van der Waals surface area contributed by atoms with Gasteiger partial charge >= 0.3 is 0 Å². The van der Waals surface area contributed by atoms with E-state index in [1.165, 1.54) is 5.56 Å². The minimum Gasteiger partial charge on any atom is -0.396 e. The molecule has 3 heteroatoms. The summed E-state index contributed by atoms with van der Waals surface area (Å²) in [5.74, 6) is 0.611. The molecule has 1 aromatic carbocycles. The smallest absolute Gasteiger partial charge is 0.0955 e. The first-order valence-electron chi connectivity index (χ1n) is 6.40. The normalized spacial score (nSPS) is 12.6. The first kappa shape index (κ1) is 13.2. The molecule has 1 aromatic heterocycles. The van der Waals surface area contributed by atoms with Gasteiger partial charge in [-0.3, -0.25) is 0 Å². The molecular weight excluding hydrogens is 242 g/mol. The SMILES string of the molecule is CCC(C)c1ccc(-c2csc(CCO)n2)cc1. The predicted octanol–water partition coefficient (Wildman–Crippen LogP) is 3.86. The van der Waals surface area contributed by atoms with Crippen LogP contribution in [0.15, 0.2) is 29.6 Å². The van der Waals surface area contributed by atoms with Gasteiger partial charge < -0.3 is 5.11 Å². The fourth-order valence-electron chi connectivity index (χ4n) is 1.87. The molecule has 1 unspecified atom stereocenters. The van der Waals surface area contributed by atoms with E-state index in [4.69, 9.17) is 5.11 Å². The van der Waals surface area contributed by atoms with Crippen molar-refractivity contribution in [2.24, 2.45) is 0 Å². The second-order valence-electron chi connectivity index (χ2n) is 4.53. The van der Waals surface area contributed by atoms with Crippen molar-refractivity contribution in [3.05, 3.63) is 40.2 Å². The number of benzene rings is 1. The van der Waals surface area contributed by atoms with Gasteiger partial charge in [0.05, 0.1) is 10.7 Å². The Bertz CT molecular complexity index is 489. The number of thiazole rings is 1. The zero-order valence-electron chi connectivity index (χ0n) is 10.9. The molecule has 0 aliphatic carbocycles. The van der Waals surface area contributed by atoms with Crippen LogP contribution < -0.4 is 0 Å². The van der Waals surface area contributed by atoms with E-state index >= 15 is 0 Å². The summed E-state index contributed by atoms with van der Waals surface area (Å²) in [5.41, 5.74) is 3.55. The monoisotopic (exact) mass is 261 g/mol. The van der Waals surface area contributed by atoms with E-state index in [2.05, 4.69) is 48.5 Å². The van der Waals surface area contributed by atoms with Gasteiger partial charge in [0.25, 0.3) is 0 Å². The van der Waals surface area contributed by atoms with Crippen molar-refractivity contribution in [2.45, 2.75) is 32.6 Å². The molecule has 0 saturated heterocycles. The highest BCUT2D eigenvalue weighted by Crippen LogP contribution is 2.25. The van der Waals surface area contributed by atoms with Crippen LogP contribution in [0.3, 0.4) is 0 Å². The van der Waals surface area contributed by atoms with Gasteiger partial charge in [-0.1, -0.05) is 38.1 Å². The van der Waals surface area contributed by atoms with Crippen molar-refractivity contribution in [1.29, 1.82) is 0 Å². The molecule has 2 nitrogen and oxygen atoms in total. The summed E-state index contributed by atoms with van der Waals surface area (Å²) in [6, 6.07) is 8.65. The topological polar surface area (TPSA) is 33.1 Å². The highest BCUT2D eigenvalue weighted by Gasteiger charge is 2.06. The van der Waals surface area contributed by atoms with Gasteiger partial charge in [0, 0.05) is 24.0 Å². The Labute approximate surface area is 112 Å². The third-order valence-electron chi connectivity index (χ3n) is 3.27. The van der Waals surface area contributed by atoms with Crippen LogP contribution >= 0.6 is 11.3 Å². The number of hydrogen-bond donors (Lipinski definition) is 1. The molecule has 18 heavy (non-hydrogen) atoms. The zero-order valence-corrected chi connectivity index (χ0v) is 11.7. The maximum Gasteiger partial charge on any atom is 0.0955 e. The molecule has 0 fully saturated rings. The van der Waals surface area contributed by atoms with E-state index in [-0.39, 0.29) is 6.61 Å². The van der Waals surface area contributed by atoms with Crippen molar-refractivity contribution in [3.8, 4) is 11.3 Å². The molecule has 2 rings (SSSR count). The average molecular weight is 261 g/mol. The van der Waals surface area contributed by atoms with E-state index in [1.54, 1.807) is 11.3 Å². The summed E-state index contributed by atoms with van der Waals surface area (Å²) in [7, 11) is 0. The van der Waals surface area contributed by atoms with E-state index in [0.717, 1.165) is 22.7 Å². The zero-order chi connectivity index (χ0) is 13.0. The van der Waals surface area contributed by atoms with E-state index in [0.29, 0.717) is 12.3 Å². The molecule has 0 aliphatic rings. The summed E-state index contributed by atoms with van der Waals surface area (Å²) in [6.45, 7) is 4.62. The maximum absolute atomic E-state index is 8.89. The number of aliphatic hydroxyl groups excluding tert-OH is 1. The first-order valence-corrected chi connectivity index (χ1v) is 7.28. The molecule has 0 radical (unpaired) electrons. The molecule has 0 bridgehead atoms. The quantitative estimate of drug-likeness (QED) is 0.886. The van der Waals surface area contributed by atoms with Crippen LogP contribution in [0.2, 0.25) is 0 Å². The predicted molar refractivity (Wildman–Crippen MR) is 77.0 cm³/mol. The lowest BCUT2D eigenvalue weighted by atomic mass is 9.97. The third kappa shape index (κ3) is 2.98. The number of rotatable bonds is 5. The van der Waals surface area contributed by atoms with E-state index < -0.39 is 0 Å². The number of hydrogen-bond acceptors (Lipinski definition) is 3. The van der Waals surface area contributed by atoms with Gasteiger partial charge in [-0.05, 0) is 17.9 Å². The molecule has 1 atom stereocenters. The van der Waals surface area contributed by atoms with Crippen LogP contribution in [-0.4, -0.2) is 16.7 Å². The van der Waals surface area contributed by atoms with Gasteiger partial charge in [-0.2, -0.15) is 0 Å². The number of aliphatic hydroxyl groups is 1. The van der Waals surface area contributed by atoms with E-state index in [9.17, 15) is 0 Å². The van der Waals surface area contributed by atoms with Crippen LogP contribution in [0.5, 0.6) is 0 Å². The van der Waals surface area contributed by atoms with Gasteiger partial charge in [-0.15, -0.1) is 11.3 Å². The largest absolute Gasteiger partial charge is 0.396 e. The molecule has 1 heterocycles. The van der Waals surface area contributed by atoms with Crippen LogP contribution in [0.1, 0.15) is 36.8 Å². The molecular formula is C15H19NOS. The molecule has 0 saturated carbocycles. The lowest BCUT2D eigenvalue weighted by Gasteiger charge is -2.08. The summed E-state index contributed by atoms with van der Waals surface area (Å²) < 4.78 is 0. The standard InChI is InChI=1S/C15H19NOS/c1-3-11(2)12-4-6-13(7-5-12)14-10-18-15(16-14)8-9-17/h4-7,10-11,17H,3,8-9H2,1-2H3. The molecule has 2 aromatic rings. The lowest BCUT2D eigenvalue weighted by Crippen LogP contribution is -1.91. The fourth-order valence-corrected chi connectivity index (χ4v) is 2.67. The average Bonchev–Trinajstić information content (AvgIpc) is 2.87. The third-order valence-corrected chi connectivity index (χ3v) is 4.17. The van der Waals surface area contributed by atoms with Gasteiger partial charge in [0.2, 0.25) is 0 Å². The summed E-state index contributed by atoms with van der Waals surface area (Å²) in [6.07, 6.45) is 1.81.